The molecule has 1 amide bonds. The fourth-order valence-corrected chi connectivity index (χ4v) is 2.30. The van der Waals surface area contributed by atoms with Gasteiger partial charge >= 0.3 is 5.97 Å². The highest BCUT2D eigenvalue weighted by molar-refractivity contribution is 6.00. The van der Waals surface area contributed by atoms with Crippen LogP contribution in [0.1, 0.15) is 46.0 Å². The van der Waals surface area contributed by atoms with Crippen LogP contribution in [-0.2, 0) is 9.53 Å². The van der Waals surface area contributed by atoms with Crippen molar-refractivity contribution in [2.75, 3.05) is 11.9 Å². The summed E-state index contributed by atoms with van der Waals surface area (Å²) in [5.41, 5.74) is 1.77. The third kappa shape index (κ3) is 5.17. The van der Waals surface area contributed by atoms with Crippen LogP contribution in [0.3, 0.4) is 0 Å². The van der Waals surface area contributed by atoms with Gasteiger partial charge in [0.1, 0.15) is 11.3 Å². The van der Waals surface area contributed by atoms with Gasteiger partial charge in [-0.1, -0.05) is 18.6 Å². The number of ketones is 1. The number of rotatable bonds is 7. The zero-order valence-electron chi connectivity index (χ0n) is 14.7. The van der Waals surface area contributed by atoms with Gasteiger partial charge in [-0.3, -0.25) is 9.59 Å². The smallest absolute Gasteiger partial charge is 0.342 e. The van der Waals surface area contributed by atoms with E-state index in [4.69, 9.17) is 4.74 Å². The van der Waals surface area contributed by atoms with E-state index < -0.39 is 12.6 Å². The molecule has 26 heavy (non-hydrogen) atoms. The number of esters is 1. The first-order chi connectivity index (χ1) is 12.4. The Bertz CT molecular complexity index is 811. The maximum atomic E-state index is 12.1. The number of hydrogen-bond acceptors (Lipinski definition) is 5. The van der Waals surface area contributed by atoms with Gasteiger partial charge in [-0.05, 0) is 49.7 Å². The minimum atomic E-state index is -0.761. The number of nitrogens with one attached hydrogen (secondary N) is 1. The molecule has 0 saturated heterocycles. The van der Waals surface area contributed by atoms with E-state index in [0.29, 0.717) is 17.7 Å². The van der Waals surface area contributed by atoms with Crippen molar-refractivity contribution in [1.29, 1.82) is 0 Å². The molecule has 6 heteroatoms. The van der Waals surface area contributed by atoms with Crippen molar-refractivity contribution >= 4 is 23.3 Å². The summed E-state index contributed by atoms with van der Waals surface area (Å²) in [7, 11) is 0. The lowest BCUT2D eigenvalue weighted by molar-refractivity contribution is -0.116. The van der Waals surface area contributed by atoms with Crippen LogP contribution in [0.5, 0.6) is 5.75 Å². The van der Waals surface area contributed by atoms with Crippen molar-refractivity contribution in [3.05, 3.63) is 59.2 Å². The number of phenols is 1. The molecule has 0 saturated carbocycles. The molecule has 2 aromatic rings. The maximum absolute atomic E-state index is 12.1. The van der Waals surface area contributed by atoms with Crippen molar-refractivity contribution in [3.8, 4) is 5.75 Å². The Morgan fingerprint density at radius 2 is 1.77 bits per heavy atom. The van der Waals surface area contributed by atoms with E-state index in [1.165, 1.54) is 12.1 Å². The number of carbonyl (C=O) groups excluding carboxylic acids is 3. The quantitative estimate of drug-likeness (QED) is 0.586. The van der Waals surface area contributed by atoms with Gasteiger partial charge in [0, 0.05) is 17.7 Å². The van der Waals surface area contributed by atoms with E-state index in [2.05, 4.69) is 5.32 Å². The Kier molecular flexibility index (Phi) is 6.49. The van der Waals surface area contributed by atoms with Crippen LogP contribution in [0.4, 0.5) is 5.69 Å². The van der Waals surface area contributed by atoms with Gasteiger partial charge < -0.3 is 15.2 Å². The van der Waals surface area contributed by atoms with Crippen LogP contribution >= 0.6 is 0 Å². The minimum Gasteiger partial charge on any atom is -0.507 e. The molecule has 2 N–H and O–H groups in total. The predicted octanol–water partition coefficient (Wildman–Crippen LogP) is 3.48. The molecule has 0 aromatic heterocycles. The Balaban J connectivity index is 1.94. The highest BCUT2D eigenvalue weighted by Gasteiger charge is 2.15. The lowest BCUT2D eigenvalue weighted by Gasteiger charge is -2.08. The average Bonchev–Trinajstić information content (AvgIpc) is 2.62. The molecular formula is C20H21NO5. The van der Waals surface area contributed by atoms with Crippen LogP contribution in [0, 0.1) is 6.92 Å². The molecule has 0 heterocycles. The van der Waals surface area contributed by atoms with Crippen molar-refractivity contribution in [2.24, 2.45) is 0 Å². The summed E-state index contributed by atoms with van der Waals surface area (Å²) in [4.78, 5) is 35.7. The Labute approximate surface area is 151 Å². The van der Waals surface area contributed by atoms with Gasteiger partial charge in [0.15, 0.2) is 12.4 Å². The van der Waals surface area contributed by atoms with E-state index in [-0.39, 0.29) is 23.0 Å². The lowest BCUT2D eigenvalue weighted by atomic mass is 10.1. The lowest BCUT2D eigenvalue weighted by Crippen LogP contribution is -2.15. The van der Waals surface area contributed by atoms with Crippen LogP contribution < -0.4 is 5.32 Å². The van der Waals surface area contributed by atoms with Gasteiger partial charge in [0.2, 0.25) is 5.91 Å². The monoisotopic (exact) mass is 355 g/mol. The van der Waals surface area contributed by atoms with Crippen LogP contribution in [0.25, 0.3) is 0 Å². The maximum Gasteiger partial charge on any atom is 0.342 e. The number of aryl methyl sites for hydroxylation is 1. The number of phenolic OH excluding ortho intramolecular Hbond substituents is 1. The molecule has 2 aromatic carbocycles. The molecule has 6 nitrogen and oxygen atoms in total. The molecule has 2 rings (SSSR count). The van der Waals surface area contributed by atoms with E-state index in [9.17, 15) is 19.5 Å². The Hall–Kier alpha value is -3.15. The molecule has 0 aliphatic rings. The molecule has 0 fully saturated rings. The molecule has 136 valence electrons. The number of aromatic hydroxyl groups is 1. The summed E-state index contributed by atoms with van der Waals surface area (Å²) in [6.45, 7) is 3.26. The number of benzene rings is 2. The Morgan fingerprint density at radius 3 is 2.42 bits per heavy atom. The van der Waals surface area contributed by atoms with Gasteiger partial charge in [-0.2, -0.15) is 0 Å². The number of carbonyl (C=O) groups is 3. The largest absolute Gasteiger partial charge is 0.507 e. The van der Waals surface area contributed by atoms with Gasteiger partial charge in [0.25, 0.3) is 0 Å². The standard InChI is InChI=1S/C20H21NO5/c1-3-4-19(24)21-15-8-6-14(7-9-15)18(23)12-26-20(25)16-11-13(2)5-10-17(16)22/h5-11,22H,3-4,12H2,1-2H3,(H,21,24). The molecule has 0 radical (unpaired) electrons. The summed E-state index contributed by atoms with van der Waals surface area (Å²) in [6.07, 6.45) is 1.19. The summed E-state index contributed by atoms with van der Waals surface area (Å²) in [6, 6.07) is 10.9. The molecule has 0 unspecified atom stereocenters. The predicted molar refractivity (Wildman–Crippen MR) is 97.4 cm³/mol. The molecule has 0 aliphatic heterocycles. The topological polar surface area (TPSA) is 92.7 Å². The van der Waals surface area contributed by atoms with E-state index in [1.54, 1.807) is 37.3 Å². The van der Waals surface area contributed by atoms with Crippen molar-refractivity contribution in [3.63, 3.8) is 0 Å². The van der Waals surface area contributed by atoms with E-state index >= 15 is 0 Å². The molecule has 0 atom stereocenters. The Morgan fingerprint density at radius 1 is 1.08 bits per heavy atom. The van der Waals surface area contributed by atoms with Crippen LogP contribution in [0.15, 0.2) is 42.5 Å². The summed E-state index contributed by atoms with van der Waals surface area (Å²) < 4.78 is 4.99. The number of ether oxygens (including phenoxy) is 1. The first kappa shape index (κ1) is 19.2. The second-order valence-electron chi connectivity index (χ2n) is 5.90. The minimum absolute atomic E-state index is 0.0202. The summed E-state index contributed by atoms with van der Waals surface area (Å²) in [5.74, 6) is -1.42. The van der Waals surface area contributed by atoms with Crippen LogP contribution in [-0.4, -0.2) is 29.4 Å². The van der Waals surface area contributed by atoms with Crippen LogP contribution in [0.2, 0.25) is 0 Å². The fourth-order valence-electron chi connectivity index (χ4n) is 2.30. The van der Waals surface area contributed by atoms with E-state index in [0.717, 1.165) is 12.0 Å². The molecular weight excluding hydrogens is 334 g/mol. The van der Waals surface area contributed by atoms with Crippen molar-refractivity contribution < 1.29 is 24.2 Å². The van der Waals surface area contributed by atoms with Gasteiger partial charge in [-0.25, -0.2) is 4.79 Å². The van der Waals surface area contributed by atoms with Crippen molar-refractivity contribution in [2.45, 2.75) is 26.7 Å². The van der Waals surface area contributed by atoms with Gasteiger partial charge in [0.05, 0.1) is 0 Å². The fraction of sp³-hybridized carbons (Fsp3) is 0.250. The highest BCUT2D eigenvalue weighted by Crippen LogP contribution is 2.19. The highest BCUT2D eigenvalue weighted by atomic mass is 16.5. The molecule has 0 aliphatic carbocycles. The number of hydrogen-bond donors (Lipinski definition) is 2. The van der Waals surface area contributed by atoms with Gasteiger partial charge in [-0.15, -0.1) is 0 Å². The second-order valence-corrected chi connectivity index (χ2v) is 5.90. The first-order valence-electron chi connectivity index (χ1n) is 8.30. The van der Waals surface area contributed by atoms with E-state index in [1.807, 2.05) is 6.92 Å². The number of amides is 1. The number of anilines is 1. The van der Waals surface area contributed by atoms with Crippen molar-refractivity contribution in [1.82, 2.24) is 0 Å². The zero-order valence-corrected chi connectivity index (χ0v) is 14.7. The SMILES string of the molecule is CCCC(=O)Nc1ccc(C(=O)COC(=O)c2cc(C)ccc2O)cc1. The molecule has 0 spiro atoms. The summed E-state index contributed by atoms with van der Waals surface area (Å²) >= 11 is 0. The second kappa shape index (κ2) is 8.80. The third-order valence-corrected chi connectivity index (χ3v) is 3.67. The third-order valence-electron chi connectivity index (χ3n) is 3.67. The molecule has 0 bridgehead atoms. The normalized spacial score (nSPS) is 10.2. The summed E-state index contributed by atoms with van der Waals surface area (Å²) in [5, 5.41) is 12.4. The average molecular weight is 355 g/mol. The zero-order chi connectivity index (χ0) is 19.1. The number of Topliss-reactive ketones (excluding diaryl/α,β-unsaturated/α-hetero) is 1. The first-order valence-corrected chi connectivity index (χ1v) is 8.30.